The van der Waals surface area contributed by atoms with Crippen LogP contribution >= 0.6 is 0 Å². The van der Waals surface area contributed by atoms with E-state index in [1.807, 2.05) is 0 Å². The monoisotopic (exact) mass is 322 g/mol. The van der Waals surface area contributed by atoms with Crippen molar-refractivity contribution in [3.63, 3.8) is 0 Å². The van der Waals surface area contributed by atoms with Gasteiger partial charge in [-0.2, -0.15) is 4.31 Å². The van der Waals surface area contributed by atoms with Crippen LogP contribution in [0.25, 0.3) is 0 Å². The fourth-order valence-corrected chi connectivity index (χ4v) is 5.14. The summed E-state index contributed by atoms with van der Waals surface area (Å²) in [4.78, 5) is -0.0873. The fourth-order valence-electron chi connectivity index (χ4n) is 2.02. The minimum atomic E-state index is -3.86. The predicted molar refractivity (Wildman–Crippen MR) is 73.0 cm³/mol. The molecule has 0 aromatic heterocycles. The summed E-state index contributed by atoms with van der Waals surface area (Å²) in [6.07, 6.45) is 0. The molecule has 0 amide bonds. The third kappa shape index (κ3) is 2.79. The zero-order chi connectivity index (χ0) is 15.1. The number of sulfonamides is 1. The number of hydrogen-bond donors (Lipinski definition) is 1. The van der Waals surface area contributed by atoms with Crippen LogP contribution in [0.1, 0.15) is 5.56 Å². The van der Waals surface area contributed by atoms with Gasteiger partial charge in [-0.1, -0.05) is 0 Å². The van der Waals surface area contributed by atoms with Gasteiger partial charge in [-0.15, -0.1) is 0 Å². The Morgan fingerprint density at radius 3 is 2.35 bits per heavy atom. The zero-order valence-corrected chi connectivity index (χ0v) is 12.5. The molecule has 112 valence electrons. The third-order valence-corrected chi connectivity index (χ3v) is 6.87. The maximum Gasteiger partial charge on any atom is 0.243 e. The van der Waals surface area contributed by atoms with Crippen LogP contribution in [0.15, 0.2) is 17.0 Å². The van der Waals surface area contributed by atoms with E-state index in [4.69, 9.17) is 5.73 Å². The lowest BCUT2D eigenvalue weighted by atomic mass is 10.2. The number of nitrogen functional groups attached to an aromatic ring is 1. The van der Waals surface area contributed by atoms with Crippen molar-refractivity contribution in [1.29, 1.82) is 0 Å². The van der Waals surface area contributed by atoms with Gasteiger partial charge in [0.05, 0.1) is 22.1 Å². The summed E-state index contributed by atoms with van der Waals surface area (Å²) in [7, 11) is -7.03. The second kappa shape index (κ2) is 4.97. The normalized spacial score (nSPS) is 19.9. The lowest BCUT2D eigenvalue weighted by Gasteiger charge is -2.26. The Bertz CT molecular complexity index is 730. The van der Waals surface area contributed by atoms with Crippen molar-refractivity contribution >= 4 is 25.5 Å². The Balaban J connectivity index is 2.39. The van der Waals surface area contributed by atoms with Crippen molar-refractivity contribution in [3.8, 4) is 0 Å². The quantitative estimate of drug-likeness (QED) is 0.781. The van der Waals surface area contributed by atoms with Gasteiger partial charge in [0.25, 0.3) is 0 Å². The van der Waals surface area contributed by atoms with Gasteiger partial charge in [0.2, 0.25) is 10.0 Å². The Hall–Kier alpha value is -1.19. The number of anilines is 1. The number of benzene rings is 1. The number of hydrogen-bond acceptors (Lipinski definition) is 5. The topological polar surface area (TPSA) is 97.5 Å². The van der Waals surface area contributed by atoms with Gasteiger partial charge in [-0.05, 0) is 24.6 Å². The largest absolute Gasteiger partial charge is 0.396 e. The SMILES string of the molecule is Cc1cc(F)c(N)cc1S(=O)(=O)N1CCS(=O)(=O)CC1. The van der Waals surface area contributed by atoms with E-state index in [0.717, 1.165) is 16.4 Å². The summed E-state index contributed by atoms with van der Waals surface area (Å²) in [5, 5.41) is 0. The van der Waals surface area contributed by atoms with E-state index in [0.29, 0.717) is 0 Å². The molecular weight excluding hydrogens is 307 g/mol. The van der Waals surface area contributed by atoms with E-state index in [9.17, 15) is 21.2 Å². The smallest absolute Gasteiger partial charge is 0.243 e. The van der Waals surface area contributed by atoms with E-state index in [-0.39, 0.29) is 40.7 Å². The molecule has 6 nitrogen and oxygen atoms in total. The molecular formula is C11H15FN2O4S2. The highest BCUT2D eigenvalue weighted by Gasteiger charge is 2.32. The summed E-state index contributed by atoms with van der Waals surface area (Å²) in [6.45, 7) is 1.28. The van der Waals surface area contributed by atoms with Gasteiger partial charge < -0.3 is 5.73 Å². The molecule has 1 aliphatic rings. The van der Waals surface area contributed by atoms with E-state index in [2.05, 4.69) is 0 Å². The van der Waals surface area contributed by atoms with Crippen LogP contribution in [-0.4, -0.2) is 45.7 Å². The first-order valence-corrected chi connectivity index (χ1v) is 9.16. The molecule has 0 saturated carbocycles. The summed E-state index contributed by atoms with van der Waals surface area (Å²) in [5.74, 6) is -1.09. The van der Waals surface area contributed by atoms with Gasteiger partial charge in [0, 0.05) is 13.1 Å². The first-order valence-electron chi connectivity index (χ1n) is 5.90. The Labute approximate surface area is 117 Å². The van der Waals surface area contributed by atoms with E-state index in [1.54, 1.807) is 0 Å². The van der Waals surface area contributed by atoms with Crippen LogP contribution in [-0.2, 0) is 19.9 Å². The van der Waals surface area contributed by atoms with Crippen LogP contribution in [0.3, 0.4) is 0 Å². The van der Waals surface area contributed by atoms with Crippen molar-refractivity contribution in [3.05, 3.63) is 23.5 Å². The van der Waals surface area contributed by atoms with Crippen LogP contribution in [0, 0.1) is 12.7 Å². The van der Waals surface area contributed by atoms with Gasteiger partial charge >= 0.3 is 0 Å². The Morgan fingerprint density at radius 1 is 1.25 bits per heavy atom. The first kappa shape index (κ1) is 15.2. The average Bonchev–Trinajstić information content (AvgIpc) is 2.33. The minimum absolute atomic E-state index is 0.0873. The summed E-state index contributed by atoms with van der Waals surface area (Å²) >= 11 is 0. The molecule has 0 aliphatic carbocycles. The van der Waals surface area contributed by atoms with Crippen LogP contribution in [0.4, 0.5) is 10.1 Å². The van der Waals surface area contributed by atoms with E-state index in [1.165, 1.54) is 6.92 Å². The lowest BCUT2D eigenvalue weighted by molar-refractivity contribution is 0.430. The number of halogens is 1. The Kier molecular flexibility index (Phi) is 3.78. The number of nitrogens with two attached hydrogens (primary N) is 1. The molecule has 20 heavy (non-hydrogen) atoms. The highest BCUT2D eigenvalue weighted by atomic mass is 32.2. The highest BCUT2D eigenvalue weighted by Crippen LogP contribution is 2.25. The molecule has 0 atom stereocenters. The number of aryl methyl sites for hydroxylation is 1. The third-order valence-electron chi connectivity index (χ3n) is 3.22. The van der Waals surface area contributed by atoms with Gasteiger partial charge in [0.1, 0.15) is 5.82 Å². The molecule has 0 unspecified atom stereocenters. The molecule has 1 fully saturated rings. The lowest BCUT2D eigenvalue weighted by Crippen LogP contribution is -2.43. The van der Waals surface area contributed by atoms with Crippen LogP contribution in [0.5, 0.6) is 0 Å². The van der Waals surface area contributed by atoms with Crippen molar-refractivity contribution in [1.82, 2.24) is 4.31 Å². The summed E-state index contributed by atoms with van der Waals surface area (Å²) in [6, 6.07) is 2.13. The predicted octanol–water partition coefficient (Wildman–Crippen LogP) is 0.135. The molecule has 2 rings (SSSR count). The number of rotatable bonds is 2. The van der Waals surface area contributed by atoms with E-state index < -0.39 is 25.7 Å². The molecule has 9 heteroatoms. The Morgan fingerprint density at radius 2 is 1.80 bits per heavy atom. The average molecular weight is 322 g/mol. The van der Waals surface area contributed by atoms with Gasteiger partial charge in [0.15, 0.2) is 9.84 Å². The molecule has 1 aliphatic heterocycles. The number of nitrogens with zero attached hydrogens (tertiary/aromatic N) is 1. The van der Waals surface area contributed by atoms with Crippen molar-refractivity contribution < 1.29 is 21.2 Å². The molecule has 2 N–H and O–H groups in total. The molecule has 0 spiro atoms. The number of sulfone groups is 1. The first-order chi connectivity index (χ1) is 9.13. The standard InChI is InChI=1S/C11H15FN2O4S2/c1-8-6-9(12)10(13)7-11(8)20(17,18)14-2-4-19(15,16)5-3-14/h6-7H,2-5,13H2,1H3. The van der Waals surface area contributed by atoms with Gasteiger partial charge in [-0.3, -0.25) is 0 Å². The maximum absolute atomic E-state index is 13.3. The van der Waals surface area contributed by atoms with E-state index >= 15 is 0 Å². The van der Waals surface area contributed by atoms with Crippen molar-refractivity contribution in [2.75, 3.05) is 30.3 Å². The minimum Gasteiger partial charge on any atom is -0.396 e. The maximum atomic E-state index is 13.3. The zero-order valence-electron chi connectivity index (χ0n) is 10.8. The summed E-state index contributed by atoms with van der Waals surface area (Å²) < 4.78 is 61.9. The second-order valence-corrected chi connectivity index (χ2v) is 8.91. The molecule has 1 heterocycles. The van der Waals surface area contributed by atoms with Crippen molar-refractivity contribution in [2.24, 2.45) is 0 Å². The highest BCUT2D eigenvalue weighted by molar-refractivity contribution is 7.92. The molecule has 1 aromatic rings. The van der Waals surface area contributed by atoms with Crippen LogP contribution < -0.4 is 5.73 Å². The molecule has 1 saturated heterocycles. The van der Waals surface area contributed by atoms with Gasteiger partial charge in [-0.25, -0.2) is 21.2 Å². The van der Waals surface area contributed by atoms with Crippen LogP contribution in [0.2, 0.25) is 0 Å². The second-order valence-electron chi connectivity index (χ2n) is 4.70. The van der Waals surface area contributed by atoms with Crippen molar-refractivity contribution in [2.45, 2.75) is 11.8 Å². The fraction of sp³-hybridized carbons (Fsp3) is 0.455. The molecule has 1 aromatic carbocycles. The molecule has 0 radical (unpaired) electrons. The molecule has 0 bridgehead atoms. The summed E-state index contributed by atoms with van der Waals surface area (Å²) in [5.41, 5.74) is 5.39.